The van der Waals surface area contributed by atoms with Gasteiger partial charge in [-0.3, -0.25) is 44.4 Å². The average molecular weight is 779 g/mol. The number of ether oxygens (including phenoxy) is 2. The number of aromatic nitrogens is 2. The summed E-state index contributed by atoms with van der Waals surface area (Å²) in [5.41, 5.74) is 5.29. The topological polar surface area (TPSA) is 265 Å². The van der Waals surface area contributed by atoms with Crippen molar-refractivity contribution < 1.29 is 52.5 Å². The second-order valence-corrected chi connectivity index (χ2v) is 13.5. The van der Waals surface area contributed by atoms with Crippen LogP contribution < -0.4 is 37.7 Å². The highest BCUT2D eigenvalue weighted by Crippen LogP contribution is 2.45. The summed E-state index contributed by atoms with van der Waals surface area (Å²) in [6.07, 6.45) is 0.721. The third-order valence-electron chi connectivity index (χ3n) is 9.91. The van der Waals surface area contributed by atoms with Gasteiger partial charge < -0.3 is 40.4 Å². The molecule has 19 nitrogen and oxygen atoms in total. The number of hydrazine groups is 1. The number of halogens is 1. The number of hydrogen-bond donors (Lipinski definition) is 7. The fourth-order valence-corrected chi connectivity index (χ4v) is 7.08. The van der Waals surface area contributed by atoms with Crippen LogP contribution in [-0.4, -0.2) is 88.9 Å². The van der Waals surface area contributed by atoms with Crippen molar-refractivity contribution in [3.63, 3.8) is 0 Å². The Morgan fingerprint density at radius 3 is 2.30 bits per heavy atom. The first-order valence-corrected chi connectivity index (χ1v) is 17.7. The lowest BCUT2D eigenvalue weighted by molar-refractivity contribution is -0.172. The maximum atomic E-state index is 15.2. The van der Waals surface area contributed by atoms with E-state index in [-0.39, 0.29) is 37.2 Å². The van der Waals surface area contributed by atoms with Gasteiger partial charge in [0.25, 0.3) is 17.4 Å². The molecular formula is C36H39FN8O11. The Bertz CT molecular complexity index is 2280. The zero-order chi connectivity index (χ0) is 40.5. The summed E-state index contributed by atoms with van der Waals surface area (Å²) in [7, 11) is 0. The summed E-state index contributed by atoms with van der Waals surface area (Å²) in [6.45, 7) is 1.74. The first-order chi connectivity index (χ1) is 26.6. The van der Waals surface area contributed by atoms with Crippen LogP contribution in [0, 0.1) is 12.7 Å². The Balaban J connectivity index is 1.09. The van der Waals surface area contributed by atoms with Crippen LogP contribution in [0.15, 0.2) is 16.9 Å². The largest absolute Gasteiger partial charge is 0.458 e. The summed E-state index contributed by atoms with van der Waals surface area (Å²) in [5, 5.41) is 21.6. The molecule has 6 rings (SSSR count). The van der Waals surface area contributed by atoms with Crippen LogP contribution in [0.5, 0.6) is 0 Å². The smallest absolute Gasteiger partial charge is 0.343 e. The van der Waals surface area contributed by atoms with Gasteiger partial charge in [0.05, 0.1) is 54.7 Å². The lowest BCUT2D eigenvalue weighted by Gasteiger charge is -2.31. The van der Waals surface area contributed by atoms with Crippen LogP contribution in [-0.2, 0) is 68.2 Å². The first-order valence-electron chi connectivity index (χ1n) is 17.7. The van der Waals surface area contributed by atoms with Crippen molar-refractivity contribution in [2.75, 3.05) is 32.8 Å². The van der Waals surface area contributed by atoms with E-state index in [0.29, 0.717) is 51.8 Å². The van der Waals surface area contributed by atoms with Gasteiger partial charge in [0.15, 0.2) is 5.60 Å². The minimum Gasteiger partial charge on any atom is -0.458 e. The average Bonchev–Trinajstić information content (AvgIpc) is 3.54. The van der Waals surface area contributed by atoms with Gasteiger partial charge in [-0.15, -0.1) is 0 Å². The van der Waals surface area contributed by atoms with Crippen LogP contribution >= 0.6 is 0 Å². The Kier molecular flexibility index (Phi) is 11.1. The quantitative estimate of drug-likeness (QED) is 0.0619. The van der Waals surface area contributed by atoms with Crippen molar-refractivity contribution in [2.45, 2.75) is 64.8 Å². The third-order valence-corrected chi connectivity index (χ3v) is 9.91. The lowest BCUT2D eigenvalue weighted by atomic mass is 9.81. The number of aliphatic hydroxyl groups is 1. The summed E-state index contributed by atoms with van der Waals surface area (Å²) in [5.74, 6) is -5.27. The highest BCUT2D eigenvalue weighted by atomic mass is 19.1. The van der Waals surface area contributed by atoms with E-state index in [2.05, 4.69) is 32.1 Å². The maximum Gasteiger partial charge on any atom is 0.343 e. The zero-order valence-electron chi connectivity index (χ0n) is 30.6. The molecular weight excluding hydrogens is 739 g/mol. The molecule has 1 aliphatic carbocycles. The van der Waals surface area contributed by atoms with E-state index in [4.69, 9.17) is 14.5 Å². The van der Waals surface area contributed by atoms with Crippen LogP contribution in [0.4, 0.5) is 4.39 Å². The second kappa shape index (κ2) is 15.8. The molecule has 2 aliphatic heterocycles. The van der Waals surface area contributed by atoms with Gasteiger partial charge in [-0.25, -0.2) is 14.2 Å². The fourth-order valence-electron chi connectivity index (χ4n) is 7.08. The molecule has 56 heavy (non-hydrogen) atoms. The molecule has 3 aliphatic rings. The maximum absolute atomic E-state index is 15.2. The molecule has 296 valence electrons. The van der Waals surface area contributed by atoms with Crippen LogP contribution in [0.2, 0.25) is 0 Å². The summed E-state index contributed by atoms with van der Waals surface area (Å²) in [4.78, 5) is 103. The molecule has 0 fully saturated rings. The van der Waals surface area contributed by atoms with Crippen LogP contribution in [0.3, 0.4) is 0 Å². The van der Waals surface area contributed by atoms with Crippen molar-refractivity contribution in [1.82, 2.24) is 41.7 Å². The molecule has 0 saturated heterocycles. The molecule has 0 radical (unpaired) electrons. The van der Waals surface area contributed by atoms with Crippen molar-refractivity contribution in [3.8, 4) is 11.4 Å². The molecule has 0 saturated carbocycles. The molecule has 0 bridgehead atoms. The lowest BCUT2D eigenvalue weighted by Crippen LogP contribution is -2.49. The Morgan fingerprint density at radius 1 is 0.946 bits per heavy atom. The van der Waals surface area contributed by atoms with Gasteiger partial charge >= 0.3 is 5.97 Å². The molecule has 3 aromatic rings. The van der Waals surface area contributed by atoms with E-state index in [9.17, 15) is 43.5 Å². The summed E-state index contributed by atoms with van der Waals surface area (Å²) < 4.78 is 27.1. The number of nitrogens with zero attached hydrogens (tertiary/aromatic N) is 2. The number of esters is 1. The van der Waals surface area contributed by atoms with Crippen LogP contribution in [0.25, 0.3) is 22.3 Å². The number of carbonyl (C=O) groups is 7. The van der Waals surface area contributed by atoms with E-state index in [1.807, 2.05) is 0 Å². The molecule has 1 aromatic carbocycles. The molecule has 0 spiro atoms. The third kappa shape index (κ3) is 7.65. The van der Waals surface area contributed by atoms with Crippen molar-refractivity contribution in [1.29, 1.82) is 0 Å². The summed E-state index contributed by atoms with van der Waals surface area (Å²) in [6, 6.07) is 2.22. The second-order valence-electron chi connectivity index (χ2n) is 13.5. The number of nitrogens with one attached hydrogen (secondary N) is 6. The Hall–Kier alpha value is -6.28. The molecule has 4 heterocycles. The first kappa shape index (κ1) is 39.4. The van der Waals surface area contributed by atoms with Gasteiger partial charge in [0.1, 0.15) is 25.6 Å². The number of hydrogen-bond acceptors (Lipinski definition) is 12. The van der Waals surface area contributed by atoms with E-state index >= 15 is 4.39 Å². The number of fused-ring (bicyclic) bond motifs is 5. The van der Waals surface area contributed by atoms with Crippen molar-refractivity contribution in [3.05, 3.63) is 61.7 Å². The molecule has 6 amide bonds. The number of cyclic esters (lactones) is 1. The van der Waals surface area contributed by atoms with Gasteiger partial charge in [-0.1, -0.05) is 6.92 Å². The van der Waals surface area contributed by atoms with Gasteiger partial charge in [-0.2, -0.15) is 0 Å². The molecule has 20 heteroatoms. The number of benzene rings is 1. The molecule has 7 N–H and O–H groups in total. The van der Waals surface area contributed by atoms with Crippen molar-refractivity contribution in [2.24, 2.45) is 0 Å². The number of aryl methyl sites for hydroxylation is 1. The normalized spacial score (nSPS) is 17.4. The molecule has 2 aromatic heterocycles. The number of pyridine rings is 2. The Morgan fingerprint density at radius 2 is 1.61 bits per heavy atom. The standard InChI is InChI=1S/C36H39FN8O11/c1-4-36(54)21-7-25-33-19(12-45(25)34(52)20(21)13-56-35(36)53)32-23(6-5-18-16(2)22(37)8-24(42-33)31(18)32)41-29(50)14-55-15-30(51)44-43-28(49)11-40-27(48)10-39-26(47)9-38-17(3)46/h7-8,23,54H,4-6,9-15H2,1-3H3,(H,38,46)(H,39,47)(H,40,48)(H,41,50)(H,43,49)(H,44,51)/t23-,36-/m0/s1. The van der Waals surface area contributed by atoms with Crippen LogP contribution in [0.1, 0.15) is 66.1 Å². The number of carbonyl (C=O) groups excluding carboxylic acids is 7. The minimum absolute atomic E-state index is 0.0432. The van der Waals surface area contributed by atoms with Crippen molar-refractivity contribution >= 4 is 52.3 Å². The van der Waals surface area contributed by atoms with E-state index in [0.717, 1.165) is 5.56 Å². The SMILES string of the molecule is CC[C@@]1(O)C(=O)OCc2c1cc1n(c2=O)Cc2c-1nc1cc(F)c(C)c3c1c2[C@@H](NC(=O)COCC(=O)NNC(=O)CNC(=O)CNC(=O)CNC(C)=O)CC3. The van der Waals surface area contributed by atoms with Gasteiger partial charge in [0.2, 0.25) is 23.6 Å². The molecule has 0 unspecified atom stereocenters. The van der Waals surface area contributed by atoms with E-state index in [1.54, 1.807) is 19.9 Å². The summed E-state index contributed by atoms with van der Waals surface area (Å²) >= 11 is 0. The number of rotatable bonds is 12. The Labute approximate surface area is 317 Å². The van der Waals surface area contributed by atoms with E-state index in [1.165, 1.54) is 17.6 Å². The highest BCUT2D eigenvalue weighted by molar-refractivity contribution is 5.94. The fraction of sp³-hybridized carbons (Fsp3) is 0.417. The monoisotopic (exact) mass is 778 g/mol. The predicted octanol–water partition coefficient (Wildman–Crippen LogP) is -1.84. The van der Waals surface area contributed by atoms with E-state index < -0.39 is 90.7 Å². The minimum atomic E-state index is -2.04. The van der Waals surface area contributed by atoms with Gasteiger partial charge in [-0.05, 0) is 48.9 Å². The molecule has 2 atom stereocenters. The number of amides is 6. The van der Waals surface area contributed by atoms with Gasteiger partial charge in [0, 0.05) is 29.5 Å². The predicted molar refractivity (Wildman–Crippen MR) is 190 cm³/mol. The highest BCUT2D eigenvalue weighted by Gasteiger charge is 2.46. The zero-order valence-corrected chi connectivity index (χ0v) is 30.6.